The predicted octanol–water partition coefficient (Wildman–Crippen LogP) is 4.37. The first kappa shape index (κ1) is 20.4. The zero-order chi connectivity index (χ0) is 21.1. The van der Waals surface area contributed by atoms with E-state index in [0.717, 1.165) is 39.0 Å². The van der Waals surface area contributed by atoms with E-state index in [-0.39, 0.29) is 11.7 Å². The third-order valence-electron chi connectivity index (χ3n) is 4.55. The molecule has 0 aliphatic rings. The number of thioether (sulfide) groups is 1. The summed E-state index contributed by atoms with van der Waals surface area (Å²) in [4.78, 5) is 18.9. The third-order valence-corrected chi connectivity index (χ3v) is 6.47. The van der Waals surface area contributed by atoms with Crippen molar-refractivity contribution in [3.05, 3.63) is 48.5 Å². The van der Waals surface area contributed by atoms with Crippen LogP contribution in [0.3, 0.4) is 0 Å². The number of fused-ring (bicyclic) bond motifs is 1. The number of nitrogens with zero attached hydrogens (tertiary/aromatic N) is 5. The Labute approximate surface area is 183 Å². The molecule has 0 radical (unpaired) electrons. The summed E-state index contributed by atoms with van der Waals surface area (Å²) in [6, 6.07) is 16.0. The van der Waals surface area contributed by atoms with Gasteiger partial charge in [0.05, 0.1) is 16.0 Å². The number of amides is 1. The summed E-state index contributed by atoms with van der Waals surface area (Å²) in [5, 5.41) is 12.9. The van der Waals surface area contributed by atoms with Crippen LogP contribution >= 0.6 is 23.1 Å². The van der Waals surface area contributed by atoms with Crippen LogP contribution in [0.25, 0.3) is 21.6 Å². The van der Waals surface area contributed by atoms with Gasteiger partial charge in [0.2, 0.25) is 5.91 Å². The SMILES string of the molecule is CCn1c(SCC(=O)Nc2nc3ccccc3s2)nnc1-c1ccc(N(C)C)cc1. The van der Waals surface area contributed by atoms with Crippen molar-refractivity contribution in [1.82, 2.24) is 19.7 Å². The maximum Gasteiger partial charge on any atom is 0.236 e. The topological polar surface area (TPSA) is 75.9 Å². The lowest BCUT2D eigenvalue weighted by atomic mass is 10.2. The third kappa shape index (κ3) is 4.31. The van der Waals surface area contributed by atoms with Gasteiger partial charge in [-0.3, -0.25) is 4.79 Å². The molecule has 154 valence electrons. The molecule has 0 spiro atoms. The predicted molar refractivity (Wildman–Crippen MR) is 124 cm³/mol. The number of benzene rings is 2. The molecule has 0 unspecified atom stereocenters. The molecule has 0 fully saturated rings. The second-order valence-corrected chi connectivity index (χ2v) is 8.79. The second-order valence-electron chi connectivity index (χ2n) is 6.82. The van der Waals surface area contributed by atoms with E-state index in [1.807, 2.05) is 62.0 Å². The first-order valence-corrected chi connectivity index (χ1v) is 11.3. The molecule has 4 aromatic rings. The van der Waals surface area contributed by atoms with E-state index in [1.54, 1.807) is 0 Å². The Kier molecular flexibility index (Phi) is 6.01. The lowest BCUT2D eigenvalue weighted by Crippen LogP contribution is -2.14. The van der Waals surface area contributed by atoms with E-state index in [2.05, 4.69) is 37.5 Å². The molecule has 7 nitrogen and oxygen atoms in total. The molecule has 0 bridgehead atoms. The number of thiazole rings is 1. The standard InChI is InChI=1S/C21H22N6OS2/c1-4-27-19(14-9-11-15(12-10-14)26(2)3)24-25-21(27)29-13-18(28)23-20-22-16-7-5-6-8-17(16)30-20/h5-12H,4,13H2,1-3H3,(H,22,23,28). The second kappa shape index (κ2) is 8.85. The van der Waals surface area contributed by atoms with Crippen molar-refractivity contribution in [3.63, 3.8) is 0 Å². The average molecular weight is 439 g/mol. The molecule has 0 saturated heterocycles. The molecule has 30 heavy (non-hydrogen) atoms. The van der Waals surface area contributed by atoms with Gasteiger partial charge in [-0.25, -0.2) is 4.98 Å². The van der Waals surface area contributed by atoms with Gasteiger partial charge in [0.25, 0.3) is 0 Å². The highest BCUT2D eigenvalue weighted by Crippen LogP contribution is 2.27. The highest BCUT2D eigenvalue weighted by Gasteiger charge is 2.15. The lowest BCUT2D eigenvalue weighted by molar-refractivity contribution is -0.113. The van der Waals surface area contributed by atoms with Crippen molar-refractivity contribution >= 4 is 50.0 Å². The quantitative estimate of drug-likeness (QED) is 0.432. The van der Waals surface area contributed by atoms with Crippen LogP contribution in [0.15, 0.2) is 53.7 Å². The molecular weight excluding hydrogens is 416 g/mol. The van der Waals surface area contributed by atoms with Crippen LogP contribution in [0.4, 0.5) is 10.8 Å². The Bertz CT molecular complexity index is 1130. The summed E-state index contributed by atoms with van der Waals surface area (Å²) in [7, 11) is 4.02. The van der Waals surface area contributed by atoms with Crippen molar-refractivity contribution in [2.24, 2.45) is 0 Å². The van der Waals surface area contributed by atoms with E-state index >= 15 is 0 Å². The van der Waals surface area contributed by atoms with Crippen LogP contribution in [-0.2, 0) is 11.3 Å². The molecule has 0 saturated carbocycles. The number of hydrogen-bond donors (Lipinski definition) is 1. The molecule has 2 aromatic carbocycles. The van der Waals surface area contributed by atoms with Crippen molar-refractivity contribution in [1.29, 1.82) is 0 Å². The number of carbonyl (C=O) groups is 1. The molecule has 0 atom stereocenters. The van der Waals surface area contributed by atoms with Crippen LogP contribution in [-0.4, -0.2) is 45.5 Å². The molecule has 1 N–H and O–H groups in total. The van der Waals surface area contributed by atoms with Gasteiger partial charge in [0.1, 0.15) is 0 Å². The Hall–Kier alpha value is -2.91. The number of aromatic nitrogens is 4. The molecule has 4 rings (SSSR count). The Morgan fingerprint density at radius 1 is 1.13 bits per heavy atom. The maximum absolute atomic E-state index is 12.4. The van der Waals surface area contributed by atoms with E-state index < -0.39 is 0 Å². The fourth-order valence-corrected chi connectivity index (χ4v) is 4.70. The molecule has 0 aliphatic heterocycles. The lowest BCUT2D eigenvalue weighted by Gasteiger charge is -2.13. The summed E-state index contributed by atoms with van der Waals surface area (Å²) in [5.74, 6) is 0.937. The normalized spacial score (nSPS) is 11.0. The van der Waals surface area contributed by atoms with E-state index in [1.165, 1.54) is 23.1 Å². The van der Waals surface area contributed by atoms with E-state index in [9.17, 15) is 4.79 Å². The smallest absolute Gasteiger partial charge is 0.236 e. The van der Waals surface area contributed by atoms with Gasteiger partial charge in [-0.1, -0.05) is 35.2 Å². The minimum atomic E-state index is -0.110. The van der Waals surface area contributed by atoms with Crippen LogP contribution in [0.1, 0.15) is 6.92 Å². The first-order chi connectivity index (χ1) is 14.5. The fourth-order valence-electron chi connectivity index (χ4n) is 3.01. The number of hydrogen-bond acceptors (Lipinski definition) is 7. The van der Waals surface area contributed by atoms with Gasteiger partial charge in [-0.2, -0.15) is 0 Å². The van der Waals surface area contributed by atoms with Crippen molar-refractivity contribution < 1.29 is 4.79 Å². The maximum atomic E-state index is 12.4. The van der Waals surface area contributed by atoms with Gasteiger partial charge in [-0.15, -0.1) is 10.2 Å². The highest BCUT2D eigenvalue weighted by molar-refractivity contribution is 7.99. The van der Waals surface area contributed by atoms with Crippen LogP contribution < -0.4 is 10.2 Å². The first-order valence-electron chi connectivity index (χ1n) is 9.54. The number of nitrogens with one attached hydrogen (secondary N) is 1. The number of para-hydroxylation sites is 1. The van der Waals surface area contributed by atoms with Crippen LogP contribution in [0.2, 0.25) is 0 Å². The molecule has 1 amide bonds. The van der Waals surface area contributed by atoms with Crippen molar-refractivity contribution in [2.75, 3.05) is 30.1 Å². The number of carbonyl (C=O) groups excluding carboxylic acids is 1. The van der Waals surface area contributed by atoms with Gasteiger partial charge in [-0.05, 0) is 43.3 Å². The minimum Gasteiger partial charge on any atom is -0.378 e. The zero-order valence-electron chi connectivity index (χ0n) is 17.0. The summed E-state index contributed by atoms with van der Waals surface area (Å²) >= 11 is 2.85. The summed E-state index contributed by atoms with van der Waals surface area (Å²) in [6.07, 6.45) is 0. The molecular formula is C21H22N6OS2. The summed E-state index contributed by atoms with van der Waals surface area (Å²) in [5.41, 5.74) is 3.02. The molecule has 2 aromatic heterocycles. The van der Waals surface area contributed by atoms with Gasteiger partial charge in [0, 0.05) is 31.9 Å². The van der Waals surface area contributed by atoms with Crippen LogP contribution in [0, 0.1) is 0 Å². The van der Waals surface area contributed by atoms with E-state index in [0.29, 0.717) is 5.13 Å². The van der Waals surface area contributed by atoms with Gasteiger partial charge >= 0.3 is 0 Å². The highest BCUT2D eigenvalue weighted by atomic mass is 32.2. The monoisotopic (exact) mass is 438 g/mol. The minimum absolute atomic E-state index is 0.110. The van der Waals surface area contributed by atoms with Gasteiger partial charge in [0.15, 0.2) is 16.1 Å². The van der Waals surface area contributed by atoms with Crippen LogP contribution in [0.5, 0.6) is 0 Å². The molecule has 9 heteroatoms. The van der Waals surface area contributed by atoms with Crippen molar-refractivity contribution in [3.8, 4) is 11.4 Å². The largest absolute Gasteiger partial charge is 0.378 e. The number of anilines is 2. The Morgan fingerprint density at radius 3 is 2.60 bits per heavy atom. The Morgan fingerprint density at radius 2 is 1.90 bits per heavy atom. The summed E-state index contributed by atoms with van der Waals surface area (Å²) < 4.78 is 3.08. The zero-order valence-corrected chi connectivity index (χ0v) is 18.6. The molecule has 2 heterocycles. The Balaban J connectivity index is 1.43. The fraction of sp³-hybridized carbons (Fsp3) is 0.238. The average Bonchev–Trinajstić information content (AvgIpc) is 3.35. The summed E-state index contributed by atoms with van der Waals surface area (Å²) in [6.45, 7) is 2.77. The van der Waals surface area contributed by atoms with E-state index in [4.69, 9.17) is 0 Å². The number of rotatable bonds is 7. The molecule has 0 aliphatic carbocycles. The van der Waals surface area contributed by atoms with Crippen molar-refractivity contribution in [2.45, 2.75) is 18.6 Å². The van der Waals surface area contributed by atoms with Gasteiger partial charge < -0.3 is 14.8 Å².